The second kappa shape index (κ2) is 9.25. The second-order valence-electron chi connectivity index (χ2n) is 6.22. The third kappa shape index (κ3) is 5.75. The number of nitrogens with one attached hydrogen (secondary N) is 1. The highest BCUT2D eigenvalue weighted by molar-refractivity contribution is 5.95. The molecule has 1 saturated heterocycles. The molecule has 0 radical (unpaired) electrons. The molecule has 1 fully saturated rings. The number of allylic oxidation sites excluding steroid dienone is 1. The molecule has 7 heteroatoms. The van der Waals surface area contributed by atoms with Crippen LogP contribution >= 0.6 is 12.4 Å². The van der Waals surface area contributed by atoms with Crippen LogP contribution in [0.15, 0.2) is 30.3 Å². The molecular weight excluding hydrogens is 353 g/mol. The van der Waals surface area contributed by atoms with E-state index in [4.69, 9.17) is 0 Å². The maximum absolute atomic E-state index is 13.1. The minimum Gasteiger partial charge on any atom is -0.339 e. The number of halogens is 4. The third-order valence-corrected chi connectivity index (χ3v) is 4.32. The lowest BCUT2D eigenvalue weighted by Crippen LogP contribution is -2.41. The van der Waals surface area contributed by atoms with Gasteiger partial charge >= 0.3 is 6.18 Å². The smallest absolute Gasteiger partial charge is 0.339 e. The van der Waals surface area contributed by atoms with Crippen LogP contribution in [0.1, 0.15) is 30.9 Å². The number of rotatable bonds is 4. The predicted molar refractivity (Wildman–Crippen MR) is 95.6 cm³/mol. The molecule has 1 atom stereocenters. The normalized spacial score (nSPS) is 18.7. The standard InChI is InChI=1S/C18H23F3N2O.ClH/c1-13(15-7-3-4-8-16(15)18(19,20)21)10-17(24)23-9-5-6-14(12-23)11-22-2;/h3-4,7-8,10,14,22H,5-6,9,11-12H2,1-2H3;1H/b13-10+;. The van der Waals surface area contributed by atoms with Gasteiger partial charge in [-0.25, -0.2) is 0 Å². The zero-order chi connectivity index (χ0) is 17.7. The van der Waals surface area contributed by atoms with E-state index in [1.165, 1.54) is 18.2 Å². The Hall–Kier alpha value is -1.53. The molecule has 0 spiro atoms. The molecule has 1 unspecified atom stereocenters. The highest BCUT2D eigenvalue weighted by Crippen LogP contribution is 2.34. The molecule has 0 aliphatic carbocycles. The van der Waals surface area contributed by atoms with Crippen molar-refractivity contribution < 1.29 is 18.0 Å². The van der Waals surface area contributed by atoms with Crippen molar-refractivity contribution in [2.45, 2.75) is 25.9 Å². The topological polar surface area (TPSA) is 32.3 Å². The Morgan fingerprint density at radius 3 is 2.68 bits per heavy atom. The maximum atomic E-state index is 13.1. The molecule has 25 heavy (non-hydrogen) atoms. The van der Waals surface area contributed by atoms with E-state index in [0.717, 1.165) is 25.5 Å². The largest absolute Gasteiger partial charge is 0.416 e. The van der Waals surface area contributed by atoms with Gasteiger partial charge in [0, 0.05) is 19.2 Å². The Morgan fingerprint density at radius 1 is 1.36 bits per heavy atom. The molecule has 1 N–H and O–H groups in total. The van der Waals surface area contributed by atoms with Gasteiger partial charge in [-0.15, -0.1) is 12.4 Å². The van der Waals surface area contributed by atoms with Crippen LogP contribution in [-0.2, 0) is 11.0 Å². The van der Waals surface area contributed by atoms with Crippen LogP contribution in [0.2, 0.25) is 0 Å². The van der Waals surface area contributed by atoms with Crippen molar-refractivity contribution in [2.75, 3.05) is 26.7 Å². The van der Waals surface area contributed by atoms with Gasteiger partial charge in [-0.1, -0.05) is 18.2 Å². The first-order valence-corrected chi connectivity index (χ1v) is 8.11. The minimum absolute atomic E-state index is 0. The number of likely N-dealkylation sites (tertiary alicyclic amines) is 1. The van der Waals surface area contributed by atoms with E-state index in [0.29, 0.717) is 24.6 Å². The summed E-state index contributed by atoms with van der Waals surface area (Å²) in [6.45, 7) is 3.69. The number of hydrogen-bond donors (Lipinski definition) is 1. The molecule has 1 aliphatic rings. The Labute approximate surface area is 152 Å². The fourth-order valence-corrected chi connectivity index (χ4v) is 3.15. The van der Waals surface area contributed by atoms with E-state index >= 15 is 0 Å². The summed E-state index contributed by atoms with van der Waals surface area (Å²) >= 11 is 0. The molecule has 1 heterocycles. The van der Waals surface area contributed by atoms with Crippen LogP contribution in [0.25, 0.3) is 5.57 Å². The average molecular weight is 377 g/mol. The lowest BCUT2D eigenvalue weighted by Gasteiger charge is -2.32. The van der Waals surface area contributed by atoms with Crippen LogP contribution in [0.4, 0.5) is 13.2 Å². The number of carbonyl (C=O) groups is 1. The summed E-state index contributed by atoms with van der Waals surface area (Å²) in [7, 11) is 1.87. The van der Waals surface area contributed by atoms with Crippen LogP contribution in [0.5, 0.6) is 0 Å². The molecule has 1 aromatic carbocycles. The van der Waals surface area contributed by atoms with Gasteiger partial charge in [-0.3, -0.25) is 4.79 Å². The van der Waals surface area contributed by atoms with Crippen LogP contribution in [-0.4, -0.2) is 37.5 Å². The van der Waals surface area contributed by atoms with Gasteiger partial charge in [-0.2, -0.15) is 13.2 Å². The van der Waals surface area contributed by atoms with Crippen molar-refractivity contribution in [3.8, 4) is 0 Å². The first kappa shape index (κ1) is 21.5. The summed E-state index contributed by atoms with van der Waals surface area (Å²) in [4.78, 5) is 14.2. The Bertz CT molecular complexity index is 615. The van der Waals surface area contributed by atoms with Crippen molar-refractivity contribution in [3.63, 3.8) is 0 Å². The van der Waals surface area contributed by atoms with Gasteiger partial charge in [0.15, 0.2) is 0 Å². The molecule has 140 valence electrons. The summed E-state index contributed by atoms with van der Waals surface area (Å²) in [5, 5.41) is 3.11. The first-order chi connectivity index (χ1) is 11.3. The first-order valence-electron chi connectivity index (χ1n) is 8.11. The van der Waals surface area contributed by atoms with E-state index < -0.39 is 11.7 Å². The van der Waals surface area contributed by atoms with Crippen LogP contribution in [0, 0.1) is 5.92 Å². The summed E-state index contributed by atoms with van der Waals surface area (Å²) in [6.07, 6.45) is -1.13. The summed E-state index contributed by atoms with van der Waals surface area (Å²) < 4.78 is 39.3. The Balaban J connectivity index is 0.00000312. The molecule has 1 aromatic rings. The SMILES string of the molecule is CNCC1CCCN(C(=O)/C=C(\C)c2ccccc2C(F)(F)F)C1.Cl. The Morgan fingerprint density at radius 2 is 2.04 bits per heavy atom. The molecular formula is C18H24ClF3N2O. The van der Waals surface area contributed by atoms with Gasteiger partial charge in [0.05, 0.1) is 5.56 Å². The van der Waals surface area contributed by atoms with Crippen LogP contribution in [0.3, 0.4) is 0 Å². The summed E-state index contributed by atoms with van der Waals surface area (Å²) in [5.74, 6) is 0.175. The number of hydrogen-bond acceptors (Lipinski definition) is 2. The summed E-state index contributed by atoms with van der Waals surface area (Å²) in [6, 6.07) is 5.35. The van der Waals surface area contributed by atoms with Gasteiger partial charge in [0.1, 0.15) is 0 Å². The predicted octanol–water partition coefficient (Wildman–Crippen LogP) is 3.99. The maximum Gasteiger partial charge on any atom is 0.416 e. The van der Waals surface area contributed by atoms with E-state index in [1.54, 1.807) is 17.9 Å². The zero-order valence-electron chi connectivity index (χ0n) is 14.4. The van der Waals surface area contributed by atoms with Crippen LogP contribution < -0.4 is 5.32 Å². The molecule has 2 rings (SSSR count). The molecule has 0 aromatic heterocycles. The molecule has 1 amide bonds. The fourth-order valence-electron chi connectivity index (χ4n) is 3.15. The monoisotopic (exact) mass is 376 g/mol. The lowest BCUT2D eigenvalue weighted by atomic mass is 9.97. The van der Waals surface area contributed by atoms with Crippen molar-refractivity contribution in [1.82, 2.24) is 10.2 Å². The number of nitrogens with zero attached hydrogens (tertiary/aromatic N) is 1. The second-order valence-corrected chi connectivity index (χ2v) is 6.22. The quantitative estimate of drug-likeness (QED) is 0.806. The van der Waals surface area contributed by atoms with Gasteiger partial charge in [0.2, 0.25) is 5.91 Å². The number of piperidine rings is 1. The van der Waals surface area contributed by atoms with E-state index in [9.17, 15) is 18.0 Å². The average Bonchev–Trinajstić information content (AvgIpc) is 2.54. The molecule has 0 bridgehead atoms. The number of alkyl halides is 3. The van der Waals surface area contributed by atoms with E-state index in [-0.39, 0.29) is 23.9 Å². The molecule has 1 aliphatic heterocycles. The highest BCUT2D eigenvalue weighted by Gasteiger charge is 2.33. The van der Waals surface area contributed by atoms with Gasteiger partial charge in [-0.05, 0) is 56.5 Å². The van der Waals surface area contributed by atoms with E-state index in [2.05, 4.69) is 5.32 Å². The number of amides is 1. The fraction of sp³-hybridized carbons (Fsp3) is 0.500. The molecule has 3 nitrogen and oxygen atoms in total. The lowest BCUT2D eigenvalue weighted by molar-refractivity contribution is -0.137. The third-order valence-electron chi connectivity index (χ3n) is 4.32. The van der Waals surface area contributed by atoms with Crippen molar-refractivity contribution in [1.29, 1.82) is 0 Å². The number of benzene rings is 1. The van der Waals surface area contributed by atoms with E-state index in [1.807, 2.05) is 7.05 Å². The van der Waals surface area contributed by atoms with Gasteiger partial charge in [0.25, 0.3) is 0 Å². The minimum atomic E-state index is -4.43. The number of carbonyl (C=O) groups excluding carboxylic acids is 1. The molecule has 0 saturated carbocycles. The highest BCUT2D eigenvalue weighted by atomic mass is 35.5. The summed E-state index contributed by atoms with van der Waals surface area (Å²) in [5.41, 5.74) is -0.316. The Kier molecular flexibility index (Phi) is 7.96. The van der Waals surface area contributed by atoms with Crippen molar-refractivity contribution in [3.05, 3.63) is 41.5 Å². The van der Waals surface area contributed by atoms with Crippen molar-refractivity contribution in [2.24, 2.45) is 5.92 Å². The zero-order valence-corrected chi connectivity index (χ0v) is 15.2. The van der Waals surface area contributed by atoms with Gasteiger partial charge < -0.3 is 10.2 Å². The van der Waals surface area contributed by atoms with Crippen molar-refractivity contribution >= 4 is 23.9 Å².